The van der Waals surface area contributed by atoms with Crippen LogP contribution in [0.4, 0.5) is 5.69 Å². The van der Waals surface area contributed by atoms with Crippen LogP contribution in [0.15, 0.2) is 34.8 Å². The number of carbonyl (C=O) groups is 2. The van der Waals surface area contributed by atoms with Gasteiger partial charge < -0.3 is 27.0 Å². The van der Waals surface area contributed by atoms with Crippen LogP contribution in [0.2, 0.25) is 0 Å². The molecule has 1 spiro atoms. The van der Waals surface area contributed by atoms with Gasteiger partial charge in [0, 0.05) is 30.4 Å². The smallest absolute Gasteiger partial charge is 0.251 e. The summed E-state index contributed by atoms with van der Waals surface area (Å²) in [5.41, 5.74) is 16.3. The molecule has 5 saturated carbocycles. The first-order valence-electron chi connectivity index (χ1n) is 14.7. The fourth-order valence-corrected chi connectivity index (χ4v) is 8.80. The van der Waals surface area contributed by atoms with Crippen molar-refractivity contribution in [3.05, 3.63) is 41.0 Å². The van der Waals surface area contributed by atoms with Gasteiger partial charge in [0.1, 0.15) is 5.84 Å². The number of hydrogen-bond donors (Lipinski definition) is 4. The number of rotatable bonds is 9. The predicted octanol–water partition coefficient (Wildman–Crippen LogP) is 3.05. The molecule has 2 amide bonds. The van der Waals surface area contributed by atoms with E-state index in [4.69, 9.17) is 16.5 Å². The number of likely N-dealkylation sites (N-methyl/N-ethyl adjacent to an activating group) is 1. The maximum atomic E-state index is 13.7. The Morgan fingerprint density at radius 2 is 1.97 bits per heavy atom. The molecule has 1 aromatic rings. The van der Waals surface area contributed by atoms with Crippen molar-refractivity contribution in [3.8, 4) is 0 Å². The minimum absolute atomic E-state index is 0.0639. The molecule has 210 valence electrons. The topological polar surface area (TPSA) is 126 Å². The Morgan fingerprint density at radius 3 is 2.67 bits per heavy atom. The maximum absolute atomic E-state index is 13.7. The molecule has 5 aliphatic carbocycles. The second kappa shape index (κ2) is 9.36. The van der Waals surface area contributed by atoms with Crippen LogP contribution in [-0.2, 0) is 4.79 Å². The summed E-state index contributed by atoms with van der Waals surface area (Å²) < 4.78 is 0. The molecule has 6 N–H and O–H groups in total. The SMILES string of the molecule is C/C=C(/C)C(N)=NC1C2CC34C[C@@](C(=O)NC5CC5)(C2)CC3C(c2cc(C(=O)NCCN(C)C)ccc2N)C14. The van der Waals surface area contributed by atoms with Crippen molar-refractivity contribution in [3.63, 3.8) is 0 Å². The second-order valence-corrected chi connectivity index (χ2v) is 13.3. The monoisotopic (exact) mass is 532 g/mol. The number of anilines is 1. The normalized spacial score (nSPS) is 36.6. The number of amidine groups is 1. The average Bonchev–Trinajstić information content (AvgIpc) is 3.66. The number of fused-ring (bicyclic) bond motifs is 2. The van der Waals surface area contributed by atoms with Crippen LogP contribution in [0.25, 0.3) is 0 Å². The zero-order valence-corrected chi connectivity index (χ0v) is 23.8. The number of nitrogen functional groups attached to an aromatic ring is 1. The lowest BCUT2D eigenvalue weighted by Gasteiger charge is -2.57. The minimum atomic E-state index is -0.326. The Kier molecular flexibility index (Phi) is 6.32. The summed E-state index contributed by atoms with van der Waals surface area (Å²) in [5, 5.41) is 6.39. The number of amides is 2. The molecule has 0 heterocycles. The Morgan fingerprint density at radius 1 is 1.21 bits per heavy atom. The van der Waals surface area contributed by atoms with Crippen molar-refractivity contribution in [1.82, 2.24) is 15.5 Å². The number of aliphatic imine (C=N–C) groups is 1. The second-order valence-electron chi connectivity index (χ2n) is 13.3. The van der Waals surface area contributed by atoms with Crippen LogP contribution in [0.3, 0.4) is 0 Å². The summed E-state index contributed by atoms with van der Waals surface area (Å²) in [7, 11) is 3.98. The average molecular weight is 533 g/mol. The van der Waals surface area contributed by atoms with Crippen molar-refractivity contribution < 1.29 is 9.59 Å². The highest BCUT2D eigenvalue weighted by atomic mass is 16.2. The summed E-state index contributed by atoms with van der Waals surface area (Å²) >= 11 is 0. The third kappa shape index (κ3) is 4.17. The van der Waals surface area contributed by atoms with Gasteiger partial charge in [-0.1, -0.05) is 6.08 Å². The van der Waals surface area contributed by atoms with Gasteiger partial charge in [-0.05, 0) is 125 Å². The first-order chi connectivity index (χ1) is 18.6. The van der Waals surface area contributed by atoms with Crippen LogP contribution < -0.4 is 22.1 Å². The number of benzene rings is 1. The molecule has 39 heavy (non-hydrogen) atoms. The molecule has 3 bridgehead atoms. The van der Waals surface area contributed by atoms with Gasteiger partial charge in [0.2, 0.25) is 5.91 Å². The zero-order chi connectivity index (χ0) is 27.7. The minimum Gasteiger partial charge on any atom is -0.398 e. The largest absolute Gasteiger partial charge is 0.398 e. The third-order valence-corrected chi connectivity index (χ3v) is 10.7. The summed E-state index contributed by atoms with van der Waals surface area (Å²) in [5.74, 6) is 1.94. The first-order valence-corrected chi connectivity index (χ1v) is 14.7. The highest BCUT2D eigenvalue weighted by Gasteiger charge is 2.79. The van der Waals surface area contributed by atoms with E-state index < -0.39 is 0 Å². The zero-order valence-electron chi connectivity index (χ0n) is 23.8. The Bertz CT molecular complexity index is 1250. The van der Waals surface area contributed by atoms with E-state index in [-0.39, 0.29) is 40.5 Å². The molecule has 8 nitrogen and oxygen atoms in total. The molecule has 7 atom stereocenters. The number of nitrogens with two attached hydrogens (primary N) is 2. The van der Waals surface area contributed by atoms with E-state index in [1.165, 1.54) is 0 Å². The number of allylic oxidation sites excluding steroid dienone is 1. The van der Waals surface area contributed by atoms with E-state index in [0.717, 1.165) is 61.9 Å². The number of carbonyl (C=O) groups excluding carboxylic acids is 2. The van der Waals surface area contributed by atoms with Crippen LogP contribution in [0.1, 0.15) is 74.2 Å². The molecule has 0 aromatic heterocycles. The Hall–Kier alpha value is -2.87. The molecule has 6 rings (SSSR count). The van der Waals surface area contributed by atoms with E-state index in [2.05, 4.69) is 10.6 Å². The van der Waals surface area contributed by atoms with Crippen LogP contribution in [-0.4, -0.2) is 61.8 Å². The summed E-state index contributed by atoms with van der Waals surface area (Å²) in [6.45, 7) is 5.36. The molecule has 0 saturated heterocycles. The van der Waals surface area contributed by atoms with Gasteiger partial charge in [-0.2, -0.15) is 0 Å². The van der Waals surface area contributed by atoms with Gasteiger partial charge in [-0.3, -0.25) is 14.6 Å². The molecular formula is C31H44N6O2. The van der Waals surface area contributed by atoms with Gasteiger partial charge in [0.15, 0.2) is 0 Å². The van der Waals surface area contributed by atoms with E-state index in [1.54, 1.807) is 0 Å². The quantitative estimate of drug-likeness (QED) is 0.221. The van der Waals surface area contributed by atoms with Crippen LogP contribution >= 0.6 is 0 Å². The van der Waals surface area contributed by atoms with Crippen LogP contribution in [0, 0.1) is 28.6 Å². The number of nitrogens with one attached hydrogen (secondary N) is 2. The molecule has 0 aliphatic heterocycles. The van der Waals surface area contributed by atoms with Gasteiger partial charge in [-0.15, -0.1) is 0 Å². The summed E-state index contributed by atoms with van der Waals surface area (Å²) in [6.07, 6.45) is 8.05. The van der Waals surface area contributed by atoms with Gasteiger partial charge in [0.05, 0.1) is 11.5 Å². The lowest BCUT2D eigenvalue weighted by Crippen LogP contribution is -2.52. The van der Waals surface area contributed by atoms with E-state index in [9.17, 15) is 9.59 Å². The van der Waals surface area contributed by atoms with E-state index >= 15 is 0 Å². The number of nitrogens with zero attached hydrogens (tertiary/aromatic N) is 2. The molecule has 0 radical (unpaired) electrons. The Balaban J connectivity index is 1.36. The molecule has 6 unspecified atom stereocenters. The molecular weight excluding hydrogens is 488 g/mol. The van der Waals surface area contributed by atoms with Crippen molar-refractivity contribution >= 4 is 23.3 Å². The van der Waals surface area contributed by atoms with Crippen molar-refractivity contribution in [2.24, 2.45) is 39.3 Å². The highest BCUT2D eigenvalue weighted by Crippen LogP contribution is 2.83. The fourth-order valence-electron chi connectivity index (χ4n) is 8.80. The van der Waals surface area contributed by atoms with Crippen molar-refractivity contribution in [2.75, 3.05) is 32.9 Å². The van der Waals surface area contributed by atoms with Crippen molar-refractivity contribution in [2.45, 2.75) is 70.4 Å². The van der Waals surface area contributed by atoms with Crippen LogP contribution in [0.5, 0.6) is 0 Å². The molecule has 1 aromatic carbocycles. The third-order valence-electron chi connectivity index (χ3n) is 10.7. The maximum Gasteiger partial charge on any atom is 0.251 e. The summed E-state index contributed by atoms with van der Waals surface area (Å²) in [6, 6.07) is 6.13. The molecule has 8 heteroatoms. The fraction of sp³-hybridized carbons (Fsp3) is 0.645. The lowest BCUT2D eigenvalue weighted by molar-refractivity contribution is -0.133. The van der Waals surface area contributed by atoms with Gasteiger partial charge in [0.25, 0.3) is 5.91 Å². The van der Waals surface area contributed by atoms with Gasteiger partial charge >= 0.3 is 0 Å². The Labute approximate surface area is 232 Å². The standard InChI is InChI=1S/C31H44N6O2/c1-5-17(2)27(33)36-26-19-13-30(29(39)35-20-7-8-20)15-22-24(25(26)31(22,14-19)16-30)21-12-18(6-9-23(21)32)28(38)34-10-11-37(3)4/h5-6,9,12,19-20,22,24-26H,7-8,10-11,13-16,32H2,1-4H3,(H2,33,36)(H,34,38)(H,35,39)/b17-5-/t19?,22?,24?,25?,26?,30-,31?/m1/s1. The highest BCUT2D eigenvalue weighted by molar-refractivity contribution is 5.96. The molecule has 5 fully saturated rings. The van der Waals surface area contributed by atoms with E-state index in [0.29, 0.717) is 35.8 Å². The lowest BCUT2D eigenvalue weighted by atomic mass is 9.47. The summed E-state index contributed by atoms with van der Waals surface area (Å²) in [4.78, 5) is 34.0. The number of hydrogen-bond acceptors (Lipinski definition) is 5. The van der Waals surface area contributed by atoms with Crippen molar-refractivity contribution in [1.29, 1.82) is 0 Å². The first kappa shape index (κ1) is 26.4. The van der Waals surface area contributed by atoms with E-state index in [1.807, 2.05) is 57.1 Å². The predicted molar refractivity (Wildman–Crippen MR) is 154 cm³/mol. The van der Waals surface area contributed by atoms with Gasteiger partial charge in [-0.25, -0.2) is 0 Å². The molecule has 5 aliphatic rings.